The Bertz CT molecular complexity index is 682. The number of fused-ring (bicyclic) bond motifs is 1. The molecular weight excluding hydrogens is 260 g/mol. The zero-order valence-electron chi connectivity index (χ0n) is 11.4. The molecule has 0 radical (unpaired) electrons. The third kappa shape index (κ3) is 2.05. The van der Waals surface area contributed by atoms with E-state index in [0.717, 1.165) is 23.9 Å². The highest BCUT2D eigenvalue weighted by molar-refractivity contribution is 5.98. The molecule has 0 N–H and O–H groups in total. The summed E-state index contributed by atoms with van der Waals surface area (Å²) in [6.45, 7) is 3.86. The van der Waals surface area contributed by atoms with Crippen LogP contribution >= 0.6 is 0 Å². The molecule has 20 heavy (non-hydrogen) atoms. The van der Waals surface area contributed by atoms with Crippen molar-refractivity contribution in [2.24, 2.45) is 5.92 Å². The lowest BCUT2D eigenvalue weighted by molar-refractivity contribution is 0.0952. The van der Waals surface area contributed by atoms with E-state index in [1.54, 1.807) is 4.57 Å². The summed E-state index contributed by atoms with van der Waals surface area (Å²) in [5.41, 5.74) is 2.80. The molecule has 1 aliphatic rings. The molecule has 0 saturated heterocycles. The molecule has 1 atom stereocenters. The van der Waals surface area contributed by atoms with Crippen molar-refractivity contribution in [1.82, 2.24) is 4.57 Å². The molecule has 4 heteroatoms. The minimum atomic E-state index is -0.614. The van der Waals surface area contributed by atoms with E-state index < -0.39 is 11.6 Å². The average Bonchev–Trinajstić information content (AvgIpc) is 2.64. The monoisotopic (exact) mass is 275 g/mol. The maximum Gasteiger partial charge on any atom is 0.164 e. The van der Waals surface area contributed by atoms with Crippen molar-refractivity contribution in [2.45, 2.75) is 26.7 Å². The number of hydrogen-bond acceptors (Lipinski definition) is 1. The predicted octanol–water partition coefficient (Wildman–Crippen LogP) is 3.83. The number of halogens is 2. The highest BCUT2D eigenvalue weighted by Crippen LogP contribution is 2.31. The van der Waals surface area contributed by atoms with Crippen LogP contribution in [0.15, 0.2) is 24.3 Å². The number of carbonyl (C=O) groups excluding carboxylic acids is 1. The van der Waals surface area contributed by atoms with Gasteiger partial charge in [-0.05, 0) is 37.5 Å². The van der Waals surface area contributed by atoms with Gasteiger partial charge in [0.05, 0.1) is 5.69 Å². The number of aryl methyl sites for hydroxylation is 1. The van der Waals surface area contributed by atoms with Crippen molar-refractivity contribution in [2.75, 3.05) is 0 Å². The van der Waals surface area contributed by atoms with Crippen LogP contribution < -0.4 is 0 Å². The van der Waals surface area contributed by atoms with Crippen LogP contribution in [0.25, 0.3) is 5.69 Å². The third-order valence-electron chi connectivity index (χ3n) is 3.77. The van der Waals surface area contributed by atoms with E-state index in [0.29, 0.717) is 17.7 Å². The molecule has 0 amide bonds. The van der Waals surface area contributed by atoms with E-state index in [9.17, 15) is 13.6 Å². The van der Waals surface area contributed by atoms with Crippen molar-refractivity contribution in [3.8, 4) is 5.69 Å². The molecule has 0 fully saturated rings. The zero-order chi connectivity index (χ0) is 14.4. The summed E-state index contributed by atoms with van der Waals surface area (Å²) in [5, 5.41) is 0. The van der Waals surface area contributed by atoms with Gasteiger partial charge in [-0.1, -0.05) is 6.92 Å². The second-order valence-electron chi connectivity index (χ2n) is 5.55. The van der Waals surface area contributed by atoms with Crippen LogP contribution in [0.4, 0.5) is 8.78 Å². The number of hydrogen-bond donors (Lipinski definition) is 0. The minimum Gasteiger partial charge on any atom is -0.317 e. The van der Waals surface area contributed by atoms with Gasteiger partial charge in [0.15, 0.2) is 5.78 Å². The largest absolute Gasteiger partial charge is 0.317 e. The number of benzene rings is 1. The maximum absolute atomic E-state index is 13.4. The van der Waals surface area contributed by atoms with Gasteiger partial charge in [0, 0.05) is 29.4 Å². The SMILES string of the molecule is Cc1cc2c(n1-c1cc(F)cc(F)c1)C[C@@H](C)CC2=O. The topological polar surface area (TPSA) is 22.0 Å². The molecular formula is C16H15F2NO. The standard InChI is InChI=1S/C16H15F2NO/c1-9-3-15-14(16(20)4-9)5-10(2)19(15)13-7-11(17)6-12(18)8-13/h5-9H,3-4H2,1-2H3/t9-/m1/s1. The van der Waals surface area contributed by atoms with E-state index >= 15 is 0 Å². The fourth-order valence-electron chi connectivity index (χ4n) is 2.99. The second kappa shape index (κ2) is 4.54. The van der Waals surface area contributed by atoms with Crippen LogP contribution in [0.5, 0.6) is 0 Å². The molecule has 0 bridgehead atoms. The molecule has 0 aliphatic heterocycles. The van der Waals surface area contributed by atoms with Crippen molar-refractivity contribution in [1.29, 1.82) is 0 Å². The summed E-state index contributed by atoms with van der Waals surface area (Å²) in [4.78, 5) is 12.1. The molecule has 1 aromatic heterocycles. The Hall–Kier alpha value is -1.97. The summed E-state index contributed by atoms with van der Waals surface area (Å²) in [6, 6.07) is 5.25. The lowest BCUT2D eigenvalue weighted by Crippen LogP contribution is -2.19. The molecule has 1 aliphatic carbocycles. The van der Waals surface area contributed by atoms with Crippen LogP contribution in [0, 0.1) is 24.5 Å². The molecule has 1 aromatic carbocycles. The van der Waals surface area contributed by atoms with Gasteiger partial charge in [0.1, 0.15) is 11.6 Å². The second-order valence-corrected chi connectivity index (χ2v) is 5.55. The molecule has 3 rings (SSSR count). The summed E-state index contributed by atoms with van der Waals surface area (Å²) in [6.07, 6.45) is 1.28. The number of rotatable bonds is 1. The summed E-state index contributed by atoms with van der Waals surface area (Å²) >= 11 is 0. The van der Waals surface area contributed by atoms with Crippen LogP contribution in [-0.2, 0) is 6.42 Å². The normalized spacial score (nSPS) is 18.2. The Morgan fingerprint density at radius 1 is 1.10 bits per heavy atom. The van der Waals surface area contributed by atoms with E-state index in [1.165, 1.54) is 12.1 Å². The van der Waals surface area contributed by atoms with E-state index in [-0.39, 0.29) is 11.7 Å². The van der Waals surface area contributed by atoms with Crippen molar-refractivity contribution >= 4 is 5.78 Å². The number of ketones is 1. The Balaban J connectivity index is 2.22. The maximum atomic E-state index is 13.4. The Labute approximate surface area is 116 Å². The Morgan fingerprint density at radius 3 is 2.40 bits per heavy atom. The van der Waals surface area contributed by atoms with Gasteiger partial charge < -0.3 is 4.57 Å². The van der Waals surface area contributed by atoms with E-state index in [1.807, 2.05) is 19.9 Å². The van der Waals surface area contributed by atoms with Crippen LogP contribution in [0.2, 0.25) is 0 Å². The molecule has 104 valence electrons. The first-order valence-corrected chi connectivity index (χ1v) is 6.66. The molecule has 2 nitrogen and oxygen atoms in total. The first-order chi connectivity index (χ1) is 9.45. The Kier molecular flexibility index (Phi) is 2.96. The van der Waals surface area contributed by atoms with Crippen molar-refractivity contribution in [3.63, 3.8) is 0 Å². The van der Waals surface area contributed by atoms with Crippen LogP contribution in [0.3, 0.4) is 0 Å². The predicted molar refractivity (Wildman–Crippen MR) is 72.2 cm³/mol. The lowest BCUT2D eigenvalue weighted by atomic mass is 9.88. The lowest BCUT2D eigenvalue weighted by Gasteiger charge is -2.20. The quantitative estimate of drug-likeness (QED) is 0.775. The van der Waals surface area contributed by atoms with E-state index in [2.05, 4.69) is 0 Å². The first kappa shape index (κ1) is 13.0. The van der Waals surface area contributed by atoms with Gasteiger partial charge in [0.2, 0.25) is 0 Å². The summed E-state index contributed by atoms with van der Waals surface area (Å²) in [7, 11) is 0. The summed E-state index contributed by atoms with van der Waals surface area (Å²) < 4.78 is 28.6. The molecule has 1 heterocycles. The Morgan fingerprint density at radius 2 is 1.75 bits per heavy atom. The molecule has 0 saturated carbocycles. The summed E-state index contributed by atoms with van der Waals surface area (Å²) in [5.74, 6) is -0.868. The fraction of sp³-hybridized carbons (Fsp3) is 0.312. The van der Waals surface area contributed by atoms with Gasteiger partial charge in [-0.2, -0.15) is 0 Å². The van der Waals surface area contributed by atoms with Gasteiger partial charge >= 0.3 is 0 Å². The smallest absolute Gasteiger partial charge is 0.164 e. The fourth-order valence-corrected chi connectivity index (χ4v) is 2.99. The molecule has 0 spiro atoms. The van der Waals surface area contributed by atoms with Gasteiger partial charge in [0.25, 0.3) is 0 Å². The average molecular weight is 275 g/mol. The van der Waals surface area contributed by atoms with Crippen LogP contribution in [0.1, 0.15) is 35.1 Å². The van der Waals surface area contributed by atoms with Gasteiger partial charge in [-0.3, -0.25) is 4.79 Å². The molecule has 2 aromatic rings. The first-order valence-electron chi connectivity index (χ1n) is 6.66. The highest BCUT2D eigenvalue weighted by Gasteiger charge is 2.27. The van der Waals surface area contributed by atoms with Gasteiger partial charge in [-0.25, -0.2) is 8.78 Å². The number of nitrogens with zero attached hydrogens (tertiary/aromatic N) is 1. The van der Waals surface area contributed by atoms with E-state index in [4.69, 9.17) is 0 Å². The molecule has 0 unspecified atom stereocenters. The highest BCUT2D eigenvalue weighted by atomic mass is 19.1. The van der Waals surface area contributed by atoms with Crippen molar-refractivity contribution < 1.29 is 13.6 Å². The number of carbonyl (C=O) groups is 1. The zero-order valence-corrected chi connectivity index (χ0v) is 11.4. The van der Waals surface area contributed by atoms with Crippen molar-refractivity contribution in [3.05, 3.63) is 52.9 Å². The number of Topliss-reactive ketones (excluding diaryl/α,β-unsaturated/α-hetero) is 1. The number of aromatic nitrogens is 1. The van der Waals surface area contributed by atoms with Gasteiger partial charge in [-0.15, -0.1) is 0 Å². The third-order valence-corrected chi connectivity index (χ3v) is 3.77. The minimum absolute atomic E-state index is 0.109. The van der Waals surface area contributed by atoms with Crippen LogP contribution in [-0.4, -0.2) is 10.4 Å².